The number of hydrogen-bond donors (Lipinski definition) is 2. The predicted molar refractivity (Wildman–Crippen MR) is 220 cm³/mol. The Kier molecular flexibility index (Phi) is 11.1. The average Bonchev–Trinajstić information content (AvgIpc) is 3.66. The van der Waals surface area contributed by atoms with Gasteiger partial charge in [-0.2, -0.15) is 0 Å². The molecule has 0 spiro atoms. The van der Waals surface area contributed by atoms with Crippen LogP contribution in [0.2, 0.25) is 0 Å². The van der Waals surface area contributed by atoms with E-state index >= 15 is 0 Å². The Morgan fingerprint density at radius 3 is 2.35 bits per heavy atom. The first-order chi connectivity index (χ1) is 25.2. The fourth-order valence-electron chi connectivity index (χ4n) is 9.45. The molecule has 0 radical (unpaired) electrons. The van der Waals surface area contributed by atoms with Crippen molar-refractivity contribution in [1.29, 1.82) is 0 Å². The Labute approximate surface area is 311 Å². The van der Waals surface area contributed by atoms with Crippen LogP contribution in [0, 0.1) is 11.8 Å². The Morgan fingerprint density at radius 2 is 1.59 bits per heavy atom. The summed E-state index contributed by atoms with van der Waals surface area (Å²) in [7, 11) is 0. The summed E-state index contributed by atoms with van der Waals surface area (Å²) in [4.78, 5) is 2.89. The molecule has 8 unspecified atom stereocenters. The van der Waals surface area contributed by atoms with Gasteiger partial charge >= 0.3 is 0 Å². The quantitative estimate of drug-likeness (QED) is 0.242. The van der Waals surface area contributed by atoms with Crippen LogP contribution in [-0.2, 0) is 0 Å². The highest BCUT2D eigenvalue weighted by Gasteiger charge is 2.34. The number of nitrogens with zero attached hydrogens (tertiary/aromatic N) is 1. The lowest BCUT2D eigenvalue weighted by atomic mass is 9.83. The molecule has 2 aromatic rings. The molecule has 2 aromatic carbocycles. The Balaban J connectivity index is 1.07. The standard InChI is InChI=1S/C47H57N3S/c1-34-25-30-41(35-15-6-2-7-16-35)43(33-34)48-38-26-28-40(29-27-38)50(39-21-12-5-13-22-39)44-24-14-23-42(47(44)37-19-10-4-11-20-37)49-46-32-31-45(51-46)36-17-8-3-9-18-36/h2-10,12,14-15,17-18,23-26,28,30,34-35,37-40,45-46,48-49H,11,13,16,19-22,27,29,31-33H2,1H3. The van der Waals surface area contributed by atoms with Crippen molar-refractivity contribution in [2.45, 2.75) is 119 Å². The fourth-order valence-corrected chi connectivity index (χ4v) is 10.9. The lowest BCUT2D eigenvalue weighted by Gasteiger charge is -2.44. The number of rotatable bonds is 10. The molecule has 6 aliphatic rings. The number of thioether (sulfide) groups is 1. The van der Waals surface area contributed by atoms with Crippen molar-refractivity contribution in [3.8, 4) is 0 Å². The highest BCUT2D eigenvalue weighted by Crippen LogP contribution is 2.48. The lowest BCUT2D eigenvalue weighted by Crippen LogP contribution is -2.46. The number of benzene rings is 2. The zero-order valence-electron chi connectivity index (χ0n) is 30.5. The van der Waals surface area contributed by atoms with Gasteiger partial charge < -0.3 is 15.5 Å². The fraction of sp³-hybridized carbons (Fsp3) is 0.447. The predicted octanol–water partition coefficient (Wildman–Crippen LogP) is 12.1. The van der Waals surface area contributed by atoms with E-state index in [4.69, 9.17) is 0 Å². The zero-order valence-corrected chi connectivity index (χ0v) is 31.3. The highest BCUT2D eigenvalue weighted by atomic mass is 32.2. The van der Waals surface area contributed by atoms with E-state index in [1.807, 2.05) is 0 Å². The van der Waals surface area contributed by atoms with Crippen molar-refractivity contribution in [1.82, 2.24) is 5.32 Å². The smallest absolute Gasteiger partial charge is 0.0729 e. The van der Waals surface area contributed by atoms with Crippen molar-refractivity contribution in [2.75, 3.05) is 10.2 Å². The molecule has 0 amide bonds. The number of anilines is 2. The maximum absolute atomic E-state index is 4.15. The van der Waals surface area contributed by atoms with Crippen LogP contribution in [0.5, 0.6) is 0 Å². The normalized spacial score (nSPS) is 31.6. The van der Waals surface area contributed by atoms with Gasteiger partial charge in [0.1, 0.15) is 0 Å². The Hall–Kier alpha value is -3.63. The minimum atomic E-state index is 0.383. The van der Waals surface area contributed by atoms with E-state index in [1.165, 1.54) is 73.2 Å². The number of nitrogens with one attached hydrogen (secondary N) is 2. The molecule has 0 aromatic heterocycles. The monoisotopic (exact) mass is 695 g/mol. The maximum atomic E-state index is 4.15. The Bertz CT molecular complexity index is 1710. The van der Waals surface area contributed by atoms with Gasteiger partial charge in [-0.05, 0) is 112 Å². The van der Waals surface area contributed by atoms with Gasteiger partial charge in [-0.3, -0.25) is 0 Å². The molecular formula is C47H57N3S. The third-order valence-electron chi connectivity index (χ3n) is 12.1. The van der Waals surface area contributed by atoms with Crippen molar-refractivity contribution < 1.29 is 0 Å². The van der Waals surface area contributed by atoms with Crippen molar-refractivity contribution >= 4 is 23.1 Å². The van der Waals surface area contributed by atoms with E-state index in [0.717, 1.165) is 32.1 Å². The van der Waals surface area contributed by atoms with E-state index < -0.39 is 0 Å². The summed E-state index contributed by atoms with van der Waals surface area (Å²) in [6.07, 6.45) is 42.8. The molecule has 8 rings (SSSR count). The summed E-state index contributed by atoms with van der Waals surface area (Å²) in [6, 6.07) is 19.7. The van der Waals surface area contributed by atoms with Gasteiger partial charge in [-0.15, -0.1) is 11.8 Å². The zero-order chi connectivity index (χ0) is 34.4. The second kappa shape index (κ2) is 16.4. The molecule has 5 aliphatic carbocycles. The Morgan fingerprint density at radius 1 is 0.706 bits per heavy atom. The second-order valence-corrected chi connectivity index (χ2v) is 17.1. The van der Waals surface area contributed by atoms with Gasteiger partial charge in [0.2, 0.25) is 0 Å². The SMILES string of the molecule is CC1C=CC(C2C=CC=CC2)=C(NC2C=CC(N(c3cccc(NC4CCC(c5ccccc5)S4)c3C3CC=CCC3)C3CC=CCC3)CC2)C1. The molecule has 266 valence electrons. The van der Waals surface area contributed by atoms with Crippen LogP contribution >= 0.6 is 11.8 Å². The number of allylic oxidation sites excluding steroid dienone is 11. The van der Waals surface area contributed by atoms with E-state index in [2.05, 4.69) is 156 Å². The molecule has 51 heavy (non-hydrogen) atoms. The van der Waals surface area contributed by atoms with E-state index in [-0.39, 0.29) is 0 Å². The van der Waals surface area contributed by atoms with Gasteiger partial charge in [0.25, 0.3) is 0 Å². The van der Waals surface area contributed by atoms with Crippen LogP contribution in [0.15, 0.2) is 133 Å². The molecule has 1 saturated heterocycles. The third kappa shape index (κ3) is 8.07. The van der Waals surface area contributed by atoms with Crippen LogP contribution in [-0.4, -0.2) is 23.5 Å². The average molecular weight is 696 g/mol. The van der Waals surface area contributed by atoms with Crippen LogP contribution in [0.3, 0.4) is 0 Å². The minimum absolute atomic E-state index is 0.383. The van der Waals surface area contributed by atoms with Crippen LogP contribution in [0.4, 0.5) is 11.4 Å². The maximum Gasteiger partial charge on any atom is 0.0729 e. The second-order valence-electron chi connectivity index (χ2n) is 15.7. The van der Waals surface area contributed by atoms with Gasteiger partial charge in [-0.25, -0.2) is 0 Å². The highest BCUT2D eigenvalue weighted by molar-refractivity contribution is 8.00. The van der Waals surface area contributed by atoms with Crippen LogP contribution < -0.4 is 15.5 Å². The first kappa shape index (κ1) is 34.5. The summed E-state index contributed by atoms with van der Waals surface area (Å²) >= 11 is 2.13. The lowest BCUT2D eigenvalue weighted by molar-refractivity contribution is 0.447. The summed E-state index contributed by atoms with van der Waals surface area (Å²) in [5.74, 6) is 1.61. The largest absolute Gasteiger partial charge is 0.382 e. The minimum Gasteiger partial charge on any atom is -0.382 e. The molecule has 3 nitrogen and oxygen atoms in total. The van der Waals surface area contributed by atoms with E-state index in [1.54, 1.807) is 5.56 Å². The summed E-state index contributed by atoms with van der Waals surface area (Å²) in [5, 5.41) is 9.23. The molecular weight excluding hydrogens is 639 g/mol. The summed E-state index contributed by atoms with van der Waals surface area (Å²) < 4.78 is 0. The third-order valence-corrected chi connectivity index (χ3v) is 13.6. The van der Waals surface area contributed by atoms with E-state index in [9.17, 15) is 0 Å². The van der Waals surface area contributed by atoms with Gasteiger partial charge in [0, 0.05) is 51.9 Å². The molecule has 2 N–H and O–H groups in total. The number of hydrogen-bond acceptors (Lipinski definition) is 4. The van der Waals surface area contributed by atoms with Gasteiger partial charge in [-0.1, -0.05) is 116 Å². The molecule has 4 heteroatoms. The molecule has 1 heterocycles. The van der Waals surface area contributed by atoms with Gasteiger partial charge in [0.15, 0.2) is 0 Å². The van der Waals surface area contributed by atoms with Crippen molar-refractivity contribution in [2.24, 2.45) is 11.8 Å². The van der Waals surface area contributed by atoms with Crippen LogP contribution in [0.25, 0.3) is 0 Å². The molecule has 0 bridgehead atoms. The summed E-state index contributed by atoms with van der Waals surface area (Å²) in [5.41, 5.74) is 8.85. The summed E-state index contributed by atoms with van der Waals surface area (Å²) in [6.45, 7) is 2.35. The first-order valence-corrected chi connectivity index (χ1v) is 21.0. The van der Waals surface area contributed by atoms with Crippen LogP contribution in [0.1, 0.15) is 106 Å². The topological polar surface area (TPSA) is 27.3 Å². The first-order valence-electron chi connectivity index (χ1n) is 20.1. The van der Waals surface area contributed by atoms with E-state index in [0.29, 0.717) is 46.5 Å². The molecule has 0 saturated carbocycles. The van der Waals surface area contributed by atoms with Crippen molar-refractivity contribution in [3.63, 3.8) is 0 Å². The molecule has 1 fully saturated rings. The molecule has 1 aliphatic heterocycles. The van der Waals surface area contributed by atoms with Gasteiger partial charge in [0.05, 0.1) is 5.37 Å². The van der Waals surface area contributed by atoms with Crippen molar-refractivity contribution in [3.05, 3.63) is 144 Å². The molecule has 8 atom stereocenters.